The minimum absolute atomic E-state index is 0.0580. The molecule has 6 nitrogen and oxygen atoms in total. The molecule has 0 spiro atoms. The molecule has 130 valence electrons. The molecular weight excluding hydrogens is 318 g/mol. The van der Waals surface area contributed by atoms with Gasteiger partial charge in [0, 0.05) is 24.6 Å². The largest absolute Gasteiger partial charge is 0.422 e. The summed E-state index contributed by atoms with van der Waals surface area (Å²) in [6.07, 6.45) is 4.10. The molecule has 1 aromatic carbocycles. The summed E-state index contributed by atoms with van der Waals surface area (Å²) in [5, 5.41) is 8.36. The number of amides is 1. The number of hydrogen-bond acceptors (Lipinski definition) is 5. The number of benzene rings is 1. The average Bonchev–Trinajstić information content (AvgIpc) is 3.23. The van der Waals surface area contributed by atoms with Crippen LogP contribution in [-0.2, 0) is 4.74 Å². The van der Waals surface area contributed by atoms with E-state index in [0.29, 0.717) is 24.3 Å². The predicted molar refractivity (Wildman–Crippen MR) is 89.0 cm³/mol. The molecule has 1 aliphatic carbocycles. The lowest BCUT2D eigenvalue weighted by molar-refractivity contribution is -0.0124. The van der Waals surface area contributed by atoms with E-state index >= 15 is 0 Å². The Morgan fingerprint density at radius 1 is 1.08 bits per heavy atom. The van der Waals surface area contributed by atoms with Crippen LogP contribution in [0.25, 0.3) is 0 Å². The van der Waals surface area contributed by atoms with E-state index in [1.165, 1.54) is 0 Å². The van der Waals surface area contributed by atoms with Crippen molar-refractivity contribution in [2.45, 2.75) is 43.8 Å². The fourth-order valence-electron chi connectivity index (χ4n) is 3.91. The van der Waals surface area contributed by atoms with E-state index in [4.69, 9.17) is 9.15 Å². The van der Waals surface area contributed by atoms with Crippen LogP contribution in [0.4, 0.5) is 0 Å². The van der Waals surface area contributed by atoms with Gasteiger partial charge in [-0.25, -0.2) is 0 Å². The second-order valence-corrected chi connectivity index (χ2v) is 7.32. The van der Waals surface area contributed by atoms with Crippen LogP contribution < -0.4 is 0 Å². The number of piperidine rings is 1. The van der Waals surface area contributed by atoms with Crippen molar-refractivity contribution in [3.63, 3.8) is 0 Å². The highest BCUT2D eigenvalue weighted by Gasteiger charge is 2.43. The van der Waals surface area contributed by atoms with Crippen LogP contribution >= 0.6 is 0 Å². The van der Waals surface area contributed by atoms with Gasteiger partial charge in [-0.3, -0.25) is 4.79 Å². The third-order valence-corrected chi connectivity index (χ3v) is 5.52. The summed E-state index contributed by atoms with van der Waals surface area (Å²) in [4.78, 5) is 14.6. The smallest absolute Gasteiger partial charge is 0.253 e. The molecule has 0 N–H and O–H groups in total. The Hall–Kier alpha value is -2.21. The molecule has 3 aliphatic rings. The number of fused-ring (bicyclic) bond motifs is 1. The highest BCUT2D eigenvalue weighted by Crippen LogP contribution is 2.43. The Balaban J connectivity index is 1.26. The lowest BCUT2D eigenvalue weighted by atomic mass is 9.91. The number of hydrogen-bond donors (Lipinski definition) is 0. The topological polar surface area (TPSA) is 68.5 Å². The van der Waals surface area contributed by atoms with Crippen LogP contribution in [0.1, 0.15) is 59.8 Å². The van der Waals surface area contributed by atoms with E-state index in [9.17, 15) is 4.79 Å². The van der Waals surface area contributed by atoms with Gasteiger partial charge in [0.05, 0.1) is 6.10 Å². The molecular formula is C19H21N3O3. The Morgan fingerprint density at radius 3 is 2.68 bits per heavy atom. The maximum atomic E-state index is 12.7. The molecule has 1 aromatic heterocycles. The van der Waals surface area contributed by atoms with Crippen LogP contribution in [-0.4, -0.2) is 40.2 Å². The van der Waals surface area contributed by atoms with Crippen LogP contribution in [0.15, 0.2) is 34.7 Å². The van der Waals surface area contributed by atoms with Crippen LogP contribution in [0.5, 0.6) is 0 Å². The van der Waals surface area contributed by atoms with E-state index < -0.39 is 0 Å². The first-order chi connectivity index (χ1) is 12.3. The van der Waals surface area contributed by atoms with E-state index in [1.54, 1.807) is 0 Å². The molecule has 6 heteroatoms. The van der Waals surface area contributed by atoms with Gasteiger partial charge in [0.1, 0.15) is 6.10 Å². The third-order valence-electron chi connectivity index (χ3n) is 5.52. The van der Waals surface area contributed by atoms with Gasteiger partial charge in [-0.1, -0.05) is 18.2 Å². The zero-order chi connectivity index (χ0) is 16.8. The summed E-state index contributed by atoms with van der Waals surface area (Å²) in [6, 6.07) is 9.45. The van der Waals surface area contributed by atoms with Crippen molar-refractivity contribution >= 4 is 5.91 Å². The van der Waals surface area contributed by atoms with Crippen molar-refractivity contribution in [2.75, 3.05) is 13.1 Å². The summed E-state index contributed by atoms with van der Waals surface area (Å²) in [5.74, 6) is 2.37. The summed E-state index contributed by atoms with van der Waals surface area (Å²) in [7, 11) is 0. The third kappa shape index (κ3) is 2.84. The van der Waals surface area contributed by atoms with Gasteiger partial charge < -0.3 is 14.1 Å². The van der Waals surface area contributed by atoms with Crippen LogP contribution in [0, 0.1) is 5.92 Å². The second-order valence-electron chi connectivity index (χ2n) is 7.32. The van der Waals surface area contributed by atoms with Crippen molar-refractivity contribution in [3.05, 3.63) is 47.7 Å². The standard InChI is InChI=1S/C19H21N3O3/c23-19(13-4-2-1-3-5-13)22-9-8-14-10-15(24-16(14)11-22)18-21-20-17(25-18)12-6-7-12/h1-5,12,14-16H,6-11H2/t14-,15+,16+/m0/s1. The fraction of sp³-hybridized carbons (Fsp3) is 0.526. The van der Waals surface area contributed by atoms with Crippen molar-refractivity contribution < 1.29 is 13.9 Å². The van der Waals surface area contributed by atoms with Gasteiger partial charge in [0.25, 0.3) is 5.91 Å². The number of likely N-dealkylation sites (tertiary alicyclic amines) is 1. The Kier molecular flexibility index (Phi) is 3.59. The molecule has 3 atom stereocenters. The SMILES string of the molecule is O=C(c1ccccc1)N1CC[C@H]2C[C@H](c3nnc(C4CC4)o3)O[C@@H]2C1. The summed E-state index contributed by atoms with van der Waals surface area (Å²) < 4.78 is 12.0. The molecule has 0 radical (unpaired) electrons. The zero-order valence-corrected chi connectivity index (χ0v) is 14.0. The van der Waals surface area contributed by atoms with Crippen LogP contribution in [0.2, 0.25) is 0 Å². The minimum Gasteiger partial charge on any atom is -0.422 e. The predicted octanol–water partition coefficient (Wildman–Crippen LogP) is 2.94. The number of rotatable bonds is 3. The Labute approximate surface area is 146 Å². The molecule has 2 aromatic rings. The maximum Gasteiger partial charge on any atom is 0.253 e. The summed E-state index contributed by atoms with van der Waals surface area (Å²) >= 11 is 0. The highest BCUT2D eigenvalue weighted by molar-refractivity contribution is 5.94. The summed E-state index contributed by atoms with van der Waals surface area (Å²) in [6.45, 7) is 1.42. The van der Waals surface area contributed by atoms with Gasteiger partial charge in [-0.2, -0.15) is 0 Å². The zero-order valence-electron chi connectivity index (χ0n) is 14.0. The van der Waals surface area contributed by atoms with Crippen molar-refractivity contribution in [3.8, 4) is 0 Å². The first-order valence-electron chi connectivity index (χ1n) is 9.11. The van der Waals surface area contributed by atoms with Crippen molar-refractivity contribution in [1.29, 1.82) is 0 Å². The van der Waals surface area contributed by atoms with E-state index in [2.05, 4.69) is 10.2 Å². The molecule has 0 unspecified atom stereocenters. The monoisotopic (exact) mass is 339 g/mol. The maximum absolute atomic E-state index is 12.7. The fourth-order valence-corrected chi connectivity index (χ4v) is 3.91. The molecule has 0 bridgehead atoms. The highest BCUT2D eigenvalue weighted by atomic mass is 16.5. The summed E-state index contributed by atoms with van der Waals surface area (Å²) in [5.41, 5.74) is 0.737. The van der Waals surface area contributed by atoms with E-state index in [1.807, 2.05) is 35.2 Å². The van der Waals surface area contributed by atoms with Crippen molar-refractivity contribution in [2.24, 2.45) is 5.92 Å². The van der Waals surface area contributed by atoms with E-state index in [-0.39, 0.29) is 18.1 Å². The number of carbonyl (C=O) groups excluding carboxylic acids is 1. The number of ether oxygens (including phenoxy) is 1. The quantitative estimate of drug-likeness (QED) is 0.860. The van der Waals surface area contributed by atoms with Crippen LogP contribution in [0.3, 0.4) is 0 Å². The van der Waals surface area contributed by atoms with Gasteiger partial charge in [-0.15, -0.1) is 10.2 Å². The first kappa shape index (κ1) is 15.1. The molecule has 1 saturated carbocycles. The molecule has 3 heterocycles. The number of aromatic nitrogens is 2. The number of nitrogens with zero attached hydrogens (tertiary/aromatic N) is 3. The molecule has 25 heavy (non-hydrogen) atoms. The van der Waals surface area contributed by atoms with E-state index in [0.717, 1.165) is 43.7 Å². The lowest BCUT2D eigenvalue weighted by Gasteiger charge is -2.34. The van der Waals surface area contributed by atoms with Gasteiger partial charge >= 0.3 is 0 Å². The average molecular weight is 339 g/mol. The van der Waals surface area contributed by atoms with Crippen molar-refractivity contribution in [1.82, 2.24) is 15.1 Å². The van der Waals surface area contributed by atoms with Gasteiger partial charge in [0.15, 0.2) is 0 Å². The second kappa shape index (κ2) is 5.95. The minimum atomic E-state index is -0.123. The lowest BCUT2D eigenvalue weighted by Crippen LogP contribution is -2.45. The number of carbonyl (C=O) groups is 1. The molecule has 2 saturated heterocycles. The normalized spacial score (nSPS) is 28.8. The molecule has 3 fully saturated rings. The molecule has 1 amide bonds. The Bertz CT molecular complexity index is 771. The van der Waals surface area contributed by atoms with Gasteiger partial charge in [-0.05, 0) is 43.7 Å². The first-order valence-corrected chi connectivity index (χ1v) is 9.11. The Morgan fingerprint density at radius 2 is 1.88 bits per heavy atom. The molecule has 2 aliphatic heterocycles. The van der Waals surface area contributed by atoms with Gasteiger partial charge in [0.2, 0.25) is 11.8 Å². The molecule has 5 rings (SSSR count).